The summed E-state index contributed by atoms with van der Waals surface area (Å²) in [6.45, 7) is 6.25. The number of aromatic nitrogens is 2. The van der Waals surface area contributed by atoms with Crippen molar-refractivity contribution < 1.29 is 4.84 Å². The third kappa shape index (κ3) is 2.56. The second kappa shape index (κ2) is 4.60. The van der Waals surface area contributed by atoms with Gasteiger partial charge in [-0.2, -0.15) is 0 Å². The molecule has 0 fully saturated rings. The molecule has 1 aromatic rings. The van der Waals surface area contributed by atoms with Crippen LogP contribution in [-0.4, -0.2) is 21.8 Å². The van der Waals surface area contributed by atoms with Crippen LogP contribution >= 0.6 is 0 Å². The SMILES string of the molecule is CC1CC(Cc2cncc(C(C)C)n2)=NO1. The van der Waals surface area contributed by atoms with E-state index < -0.39 is 0 Å². The van der Waals surface area contributed by atoms with E-state index in [4.69, 9.17) is 4.84 Å². The van der Waals surface area contributed by atoms with Crippen LogP contribution in [0.3, 0.4) is 0 Å². The van der Waals surface area contributed by atoms with Gasteiger partial charge in [-0.3, -0.25) is 9.97 Å². The highest BCUT2D eigenvalue weighted by atomic mass is 16.6. The predicted octanol–water partition coefficient (Wildman–Crippen LogP) is 2.31. The van der Waals surface area contributed by atoms with E-state index in [1.165, 1.54) is 0 Å². The van der Waals surface area contributed by atoms with E-state index in [-0.39, 0.29) is 6.10 Å². The molecule has 0 N–H and O–H groups in total. The highest BCUT2D eigenvalue weighted by Crippen LogP contribution is 2.14. The maximum absolute atomic E-state index is 5.16. The van der Waals surface area contributed by atoms with Gasteiger partial charge in [0, 0.05) is 25.2 Å². The molecular weight excluding hydrogens is 202 g/mol. The van der Waals surface area contributed by atoms with Crippen molar-refractivity contribution in [2.75, 3.05) is 0 Å². The third-order valence-electron chi connectivity index (χ3n) is 2.56. The summed E-state index contributed by atoms with van der Waals surface area (Å²) in [6, 6.07) is 0. The normalized spacial score (nSPS) is 19.8. The standard InChI is InChI=1S/C12H17N3O/c1-8(2)12-7-13-6-11(14-12)5-10-4-9(3)16-15-10/h6-9H,4-5H2,1-3H3. The van der Waals surface area contributed by atoms with Crippen molar-refractivity contribution in [3.63, 3.8) is 0 Å². The van der Waals surface area contributed by atoms with Crippen molar-refractivity contribution in [1.29, 1.82) is 0 Å². The van der Waals surface area contributed by atoms with Crippen molar-refractivity contribution in [2.45, 2.75) is 45.6 Å². The Morgan fingerprint density at radius 1 is 1.44 bits per heavy atom. The van der Waals surface area contributed by atoms with Gasteiger partial charge in [0.05, 0.1) is 17.1 Å². The molecular formula is C12H17N3O. The first-order valence-electron chi connectivity index (χ1n) is 5.67. The largest absolute Gasteiger partial charge is 0.392 e. The maximum Gasteiger partial charge on any atom is 0.130 e. The van der Waals surface area contributed by atoms with E-state index in [9.17, 15) is 0 Å². The van der Waals surface area contributed by atoms with Crippen LogP contribution in [0.25, 0.3) is 0 Å². The summed E-state index contributed by atoms with van der Waals surface area (Å²) in [6.07, 6.45) is 5.48. The number of hydrogen-bond acceptors (Lipinski definition) is 4. The van der Waals surface area contributed by atoms with E-state index in [2.05, 4.69) is 29.0 Å². The van der Waals surface area contributed by atoms with Crippen molar-refractivity contribution in [1.82, 2.24) is 9.97 Å². The summed E-state index contributed by atoms with van der Waals surface area (Å²) in [5, 5.41) is 4.04. The second-order valence-corrected chi connectivity index (χ2v) is 4.54. The molecule has 4 nitrogen and oxygen atoms in total. The Morgan fingerprint density at radius 3 is 2.88 bits per heavy atom. The summed E-state index contributed by atoms with van der Waals surface area (Å²) in [4.78, 5) is 13.9. The Morgan fingerprint density at radius 2 is 2.25 bits per heavy atom. The molecule has 0 radical (unpaired) electrons. The summed E-state index contributed by atoms with van der Waals surface area (Å²) in [5.41, 5.74) is 3.07. The first-order chi connectivity index (χ1) is 7.65. The molecule has 0 bridgehead atoms. The predicted molar refractivity (Wildman–Crippen MR) is 62.4 cm³/mol. The quantitative estimate of drug-likeness (QED) is 0.783. The van der Waals surface area contributed by atoms with Crippen molar-refractivity contribution >= 4 is 5.71 Å². The number of nitrogens with zero attached hydrogens (tertiary/aromatic N) is 3. The lowest BCUT2D eigenvalue weighted by molar-refractivity contribution is 0.0995. The van der Waals surface area contributed by atoms with E-state index >= 15 is 0 Å². The minimum atomic E-state index is 0.205. The Kier molecular flexibility index (Phi) is 3.17. The van der Waals surface area contributed by atoms with Crippen molar-refractivity contribution in [3.8, 4) is 0 Å². The lowest BCUT2D eigenvalue weighted by Crippen LogP contribution is -2.07. The summed E-state index contributed by atoms with van der Waals surface area (Å²) < 4.78 is 0. The van der Waals surface area contributed by atoms with Gasteiger partial charge < -0.3 is 4.84 Å². The molecule has 16 heavy (non-hydrogen) atoms. The zero-order valence-electron chi connectivity index (χ0n) is 9.97. The van der Waals surface area contributed by atoms with Crippen LogP contribution in [0.4, 0.5) is 0 Å². The van der Waals surface area contributed by atoms with Crippen LogP contribution in [0.2, 0.25) is 0 Å². The van der Waals surface area contributed by atoms with Gasteiger partial charge in [-0.05, 0) is 12.8 Å². The molecule has 0 amide bonds. The molecule has 86 valence electrons. The molecule has 1 aliphatic heterocycles. The van der Waals surface area contributed by atoms with Gasteiger partial charge in [-0.15, -0.1) is 0 Å². The van der Waals surface area contributed by atoms with Gasteiger partial charge in [-0.25, -0.2) is 0 Å². The number of hydrogen-bond donors (Lipinski definition) is 0. The van der Waals surface area contributed by atoms with Gasteiger partial charge in [-0.1, -0.05) is 19.0 Å². The summed E-state index contributed by atoms with van der Waals surface area (Å²) >= 11 is 0. The van der Waals surface area contributed by atoms with Gasteiger partial charge in [0.15, 0.2) is 0 Å². The van der Waals surface area contributed by atoms with Crippen LogP contribution in [0.5, 0.6) is 0 Å². The van der Waals surface area contributed by atoms with Crippen LogP contribution in [0.1, 0.15) is 44.5 Å². The Balaban J connectivity index is 2.07. The van der Waals surface area contributed by atoms with Gasteiger partial charge in [0.2, 0.25) is 0 Å². The molecule has 0 spiro atoms. The molecule has 0 saturated heterocycles. The first kappa shape index (κ1) is 11.0. The lowest BCUT2D eigenvalue weighted by Gasteiger charge is -2.05. The Labute approximate surface area is 95.7 Å². The minimum absolute atomic E-state index is 0.205. The number of oxime groups is 1. The highest BCUT2D eigenvalue weighted by Gasteiger charge is 2.17. The van der Waals surface area contributed by atoms with Gasteiger partial charge in [0.1, 0.15) is 6.10 Å². The number of rotatable bonds is 3. The monoisotopic (exact) mass is 219 g/mol. The zero-order valence-corrected chi connectivity index (χ0v) is 9.97. The van der Waals surface area contributed by atoms with Gasteiger partial charge in [0.25, 0.3) is 0 Å². The van der Waals surface area contributed by atoms with E-state index in [0.717, 1.165) is 29.9 Å². The molecule has 1 aliphatic rings. The average molecular weight is 219 g/mol. The Bertz CT molecular complexity index is 401. The average Bonchev–Trinajstić information content (AvgIpc) is 2.64. The zero-order chi connectivity index (χ0) is 11.5. The molecule has 0 aliphatic carbocycles. The van der Waals surface area contributed by atoms with Crippen LogP contribution in [0, 0.1) is 0 Å². The molecule has 2 rings (SSSR count). The molecule has 2 heterocycles. The first-order valence-corrected chi connectivity index (χ1v) is 5.67. The second-order valence-electron chi connectivity index (χ2n) is 4.54. The molecule has 1 aromatic heterocycles. The smallest absolute Gasteiger partial charge is 0.130 e. The molecule has 1 atom stereocenters. The fourth-order valence-corrected chi connectivity index (χ4v) is 1.67. The van der Waals surface area contributed by atoms with E-state index in [1.54, 1.807) is 6.20 Å². The topological polar surface area (TPSA) is 47.4 Å². The Hall–Kier alpha value is -1.45. The van der Waals surface area contributed by atoms with Gasteiger partial charge >= 0.3 is 0 Å². The third-order valence-corrected chi connectivity index (χ3v) is 2.56. The van der Waals surface area contributed by atoms with E-state index in [0.29, 0.717) is 5.92 Å². The lowest BCUT2D eigenvalue weighted by atomic mass is 10.1. The van der Waals surface area contributed by atoms with Crippen molar-refractivity contribution in [2.24, 2.45) is 5.16 Å². The van der Waals surface area contributed by atoms with Crippen LogP contribution in [-0.2, 0) is 11.3 Å². The van der Waals surface area contributed by atoms with Crippen molar-refractivity contribution in [3.05, 3.63) is 23.8 Å². The fourth-order valence-electron chi connectivity index (χ4n) is 1.67. The minimum Gasteiger partial charge on any atom is -0.392 e. The summed E-state index contributed by atoms with van der Waals surface area (Å²) in [5.74, 6) is 0.410. The molecule has 4 heteroatoms. The van der Waals surface area contributed by atoms with Crippen LogP contribution < -0.4 is 0 Å². The highest BCUT2D eigenvalue weighted by molar-refractivity contribution is 5.87. The fraction of sp³-hybridized carbons (Fsp3) is 0.583. The van der Waals surface area contributed by atoms with E-state index in [1.807, 2.05) is 13.1 Å². The maximum atomic E-state index is 5.16. The summed E-state index contributed by atoms with van der Waals surface area (Å²) in [7, 11) is 0. The molecule has 1 unspecified atom stereocenters. The molecule has 0 aromatic carbocycles. The molecule has 0 saturated carbocycles. The van der Waals surface area contributed by atoms with Crippen LogP contribution in [0.15, 0.2) is 17.5 Å².